The maximum atomic E-state index is 11.5. The van der Waals surface area contributed by atoms with E-state index in [4.69, 9.17) is 4.74 Å². The van der Waals surface area contributed by atoms with Crippen LogP contribution in [0.25, 0.3) is 10.3 Å². The van der Waals surface area contributed by atoms with Crippen LogP contribution in [0.5, 0.6) is 0 Å². The number of hydrogen-bond acceptors (Lipinski definition) is 7. The van der Waals surface area contributed by atoms with Crippen LogP contribution in [0.15, 0.2) is 12.1 Å². The Hall–Kier alpha value is -1.73. The van der Waals surface area contributed by atoms with E-state index in [9.17, 15) is 4.79 Å². The Labute approximate surface area is 127 Å². The average Bonchev–Trinajstić information content (AvgIpc) is 3.12. The molecule has 0 radical (unpaired) electrons. The van der Waals surface area contributed by atoms with Crippen molar-refractivity contribution in [1.29, 1.82) is 0 Å². The molecule has 0 saturated carbocycles. The monoisotopic (exact) mass is 306 g/mol. The molecule has 1 atom stereocenters. The lowest BCUT2D eigenvalue weighted by Gasteiger charge is -2.20. The second kappa shape index (κ2) is 5.57. The predicted octanol–water partition coefficient (Wildman–Crippen LogP) is 1.62. The van der Waals surface area contributed by atoms with Crippen molar-refractivity contribution in [2.75, 3.05) is 39.2 Å². The van der Waals surface area contributed by atoms with Gasteiger partial charge in [0.05, 0.1) is 7.11 Å². The van der Waals surface area contributed by atoms with Gasteiger partial charge in [-0.3, -0.25) is 0 Å². The van der Waals surface area contributed by atoms with Gasteiger partial charge in [0.2, 0.25) is 5.01 Å². The smallest absolute Gasteiger partial charge is 0.367 e. The second-order valence-corrected chi connectivity index (χ2v) is 6.33. The molecule has 3 heterocycles. The third kappa shape index (κ3) is 2.71. The molecule has 6 nitrogen and oxygen atoms in total. The highest BCUT2D eigenvalue weighted by Crippen LogP contribution is 2.26. The summed E-state index contributed by atoms with van der Waals surface area (Å²) in [6, 6.07) is 4.46. The lowest BCUT2D eigenvalue weighted by molar-refractivity contribution is 0.0600. The Bertz CT molecular complexity index is 670. The Morgan fingerprint density at radius 3 is 2.90 bits per heavy atom. The van der Waals surface area contributed by atoms with E-state index in [1.54, 1.807) is 0 Å². The topological polar surface area (TPSA) is 58.6 Å². The van der Waals surface area contributed by atoms with Gasteiger partial charge in [0.15, 0.2) is 0 Å². The van der Waals surface area contributed by atoms with E-state index in [0.717, 1.165) is 35.7 Å². The number of carbonyl (C=O) groups excluding carboxylic acids is 1. The summed E-state index contributed by atoms with van der Waals surface area (Å²) < 4.78 is 4.70. The highest BCUT2D eigenvalue weighted by atomic mass is 32.1. The van der Waals surface area contributed by atoms with E-state index < -0.39 is 5.97 Å². The van der Waals surface area contributed by atoms with E-state index in [1.165, 1.54) is 18.4 Å². The first-order valence-electron chi connectivity index (χ1n) is 6.86. The molecule has 21 heavy (non-hydrogen) atoms. The predicted molar refractivity (Wildman–Crippen MR) is 83.1 cm³/mol. The number of likely N-dealkylation sites (N-methyl/N-ethyl adjacent to an activating group) is 1. The van der Waals surface area contributed by atoms with E-state index in [1.807, 2.05) is 12.1 Å². The van der Waals surface area contributed by atoms with Gasteiger partial charge in [0, 0.05) is 19.1 Å². The van der Waals surface area contributed by atoms with E-state index in [0.29, 0.717) is 11.0 Å². The van der Waals surface area contributed by atoms with Crippen molar-refractivity contribution < 1.29 is 9.53 Å². The number of thiazole rings is 1. The van der Waals surface area contributed by atoms with Crippen molar-refractivity contribution in [1.82, 2.24) is 14.9 Å². The number of fused-ring (bicyclic) bond motifs is 1. The van der Waals surface area contributed by atoms with Gasteiger partial charge < -0.3 is 14.5 Å². The van der Waals surface area contributed by atoms with Crippen molar-refractivity contribution in [3.05, 3.63) is 17.1 Å². The Morgan fingerprint density at radius 2 is 2.24 bits per heavy atom. The third-order valence-corrected chi connectivity index (χ3v) is 4.76. The largest absolute Gasteiger partial charge is 0.464 e. The number of ether oxygens (including phenoxy) is 1. The molecule has 0 bridgehead atoms. The first-order chi connectivity index (χ1) is 10.1. The zero-order chi connectivity index (χ0) is 15.0. The Kier molecular flexibility index (Phi) is 3.77. The molecular formula is C14H18N4O2S. The van der Waals surface area contributed by atoms with Gasteiger partial charge in [-0.15, -0.1) is 0 Å². The highest BCUT2D eigenvalue weighted by molar-refractivity contribution is 7.19. The first-order valence-corrected chi connectivity index (χ1v) is 7.67. The second-order valence-electron chi connectivity index (χ2n) is 5.36. The minimum absolute atomic E-state index is 0.352. The van der Waals surface area contributed by atoms with Gasteiger partial charge in [-0.2, -0.15) is 0 Å². The van der Waals surface area contributed by atoms with E-state index in [-0.39, 0.29) is 0 Å². The maximum absolute atomic E-state index is 11.5. The molecule has 7 heteroatoms. The van der Waals surface area contributed by atoms with Gasteiger partial charge in [-0.25, -0.2) is 14.8 Å². The first kappa shape index (κ1) is 14.2. The number of methoxy groups -OCH3 is 1. The summed E-state index contributed by atoms with van der Waals surface area (Å²) in [4.78, 5) is 25.7. The Balaban J connectivity index is 1.86. The molecule has 1 saturated heterocycles. The molecule has 3 rings (SSSR count). The Morgan fingerprint density at radius 1 is 1.43 bits per heavy atom. The molecule has 0 aliphatic carbocycles. The molecule has 0 N–H and O–H groups in total. The standard InChI is InChI=1S/C14H18N4O2S/c1-17(2)9-6-7-18(8-9)11-5-4-10-12(16-11)21-13(15-10)14(19)20-3/h4-5,9H,6-8H2,1-3H3/t9-/m1/s1. The van der Waals surface area contributed by atoms with Crippen molar-refractivity contribution in [3.63, 3.8) is 0 Å². The number of carbonyl (C=O) groups is 1. The number of pyridine rings is 1. The molecule has 0 unspecified atom stereocenters. The molecule has 2 aromatic rings. The van der Waals surface area contributed by atoms with Crippen LogP contribution >= 0.6 is 11.3 Å². The lowest BCUT2D eigenvalue weighted by atomic mass is 10.2. The van der Waals surface area contributed by atoms with Crippen LogP contribution < -0.4 is 4.90 Å². The normalized spacial score (nSPS) is 18.7. The minimum Gasteiger partial charge on any atom is -0.464 e. The van der Waals surface area contributed by atoms with Gasteiger partial charge in [0.1, 0.15) is 16.2 Å². The number of aromatic nitrogens is 2. The molecule has 0 spiro atoms. The summed E-state index contributed by atoms with van der Waals surface area (Å²) in [6.07, 6.45) is 1.14. The summed E-state index contributed by atoms with van der Waals surface area (Å²) in [7, 11) is 5.58. The molecule has 1 aliphatic rings. The summed E-state index contributed by atoms with van der Waals surface area (Å²) in [6.45, 7) is 1.98. The van der Waals surface area contributed by atoms with Crippen LogP contribution in [-0.2, 0) is 4.74 Å². The summed E-state index contributed by atoms with van der Waals surface area (Å²) in [5.74, 6) is 0.542. The SMILES string of the molecule is COC(=O)c1nc2ccc(N3CC[C@@H](N(C)C)C3)nc2s1. The molecule has 2 aromatic heterocycles. The summed E-state index contributed by atoms with van der Waals surface area (Å²) in [5.41, 5.74) is 0.743. The van der Waals surface area contributed by atoms with E-state index in [2.05, 4.69) is 33.9 Å². The summed E-state index contributed by atoms with van der Waals surface area (Å²) in [5, 5.41) is 0.352. The van der Waals surface area contributed by atoms with Gasteiger partial charge in [-0.05, 0) is 32.6 Å². The molecular weight excluding hydrogens is 288 g/mol. The molecule has 1 fully saturated rings. The van der Waals surface area contributed by atoms with Gasteiger partial charge >= 0.3 is 5.97 Å². The number of esters is 1. The van der Waals surface area contributed by atoms with Gasteiger partial charge in [0.25, 0.3) is 0 Å². The zero-order valence-corrected chi connectivity index (χ0v) is 13.2. The van der Waals surface area contributed by atoms with Crippen molar-refractivity contribution in [2.45, 2.75) is 12.5 Å². The highest BCUT2D eigenvalue weighted by Gasteiger charge is 2.25. The molecule has 112 valence electrons. The average molecular weight is 306 g/mol. The lowest BCUT2D eigenvalue weighted by Crippen LogP contribution is -2.31. The number of rotatable bonds is 3. The van der Waals surface area contributed by atoms with Crippen LogP contribution in [-0.4, -0.2) is 61.2 Å². The summed E-state index contributed by atoms with van der Waals surface area (Å²) >= 11 is 1.28. The van der Waals surface area contributed by atoms with Crippen LogP contribution in [0.4, 0.5) is 5.82 Å². The third-order valence-electron chi connectivity index (χ3n) is 3.82. The molecule has 0 amide bonds. The number of nitrogens with zero attached hydrogens (tertiary/aromatic N) is 4. The fourth-order valence-electron chi connectivity index (χ4n) is 2.53. The fraction of sp³-hybridized carbons (Fsp3) is 0.500. The van der Waals surface area contributed by atoms with E-state index >= 15 is 0 Å². The fourth-order valence-corrected chi connectivity index (χ4v) is 3.38. The minimum atomic E-state index is -0.409. The van der Waals surface area contributed by atoms with Crippen molar-refractivity contribution >= 4 is 33.5 Å². The van der Waals surface area contributed by atoms with Crippen LogP contribution in [0.2, 0.25) is 0 Å². The van der Waals surface area contributed by atoms with Crippen LogP contribution in [0.3, 0.4) is 0 Å². The van der Waals surface area contributed by atoms with Gasteiger partial charge in [-0.1, -0.05) is 11.3 Å². The van der Waals surface area contributed by atoms with Crippen LogP contribution in [0, 0.1) is 0 Å². The quantitative estimate of drug-likeness (QED) is 0.803. The molecule has 1 aliphatic heterocycles. The number of hydrogen-bond donors (Lipinski definition) is 0. The zero-order valence-electron chi connectivity index (χ0n) is 12.4. The van der Waals surface area contributed by atoms with Crippen LogP contribution in [0.1, 0.15) is 16.2 Å². The molecule has 0 aromatic carbocycles. The maximum Gasteiger partial charge on any atom is 0.367 e. The number of anilines is 1. The van der Waals surface area contributed by atoms with Crippen molar-refractivity contribution in [3.8, 4) is 0 Å². The van der Waals surface area contributed by atoms with Crippen molar-refractivity contribution in [2.24, 2.45) is 0 Å².